The highest BCUT2D eigenvalue weighted by molar-refractivity contribution is 5.95. The fraction of sp³-hybridized carbons (Fsp3) is 0.476. The van der Waals surface area contributed by atoms with E-state index in [4.69, 9.17) is 0 Å². The summed E-state index contributed by atoms with van der Waals surface area (Å²) in [6.07, 6.45) is 4.13. The molecule has 142 valence electrons. The highest BCUT2D eigenvalue weighted by atomic mass is 16.2. The number of rotatable bonds is 3. The molecule has 27 heavy (non-hydrogen) atoms. The zero-order valence-electron chi connectivity index (χ0n) is 16.2. The first kappa shape index (κ1) is 17.8. The summed E-state index contributed by atoms with van der Waals surface area (Å²) in [6.45, 7) is 9.25. The van der Waals surface area contributed by atoms with Crippen molar-refractivity contribution in [3.05, 3.63) is 47.3 Å². The van der Waals surface area contributed by atoms with Gasteiger partial charge in [-0.2, -0.15) is 0 Å². The standard InChI is InChI=1S/C21H27N5O/c1-16-5-6-18(17(2)13-16)21(27)26-11-9-25(10-12-26)20-14-19(22-15-23-20)24-7-3-4-8-24/h5-6,13-15H,3-4,7-12H2,1-2H3. The fourth-order valence-corrected chi connectivity index (χ4v) is 3.99. The zero-order chi connectivity index (χ0) is 18.8. The van der Waals surface area contributed by atoms with E-state index < -0.39 is 0 Å². The van der Waals surface area contributed by atoms with Crippen LogP contribution in [0.1, 0.15) is 34.3 Å². The second-order valence-electron chi connectivity index (χ2n) is 7.53. The van der Waals surface area contributed by atoms with Crippen molar-refractivity contribution in [1.29, 1.82) is 0 Å². The Hall–Kier alpha value is -2.63. The summed E-state index contributed by atoms with van der Waals surface area (Å²) in [5, 5.41) is 0. The lowest BCUT2D eigenvalue weighted by molar-refractivity contribution is 0.0746. The van der Waals surface area contributed by atoms with Gasteiger partial charge in [0.2, 0.25) is 0 Å². The van der Waals surface area contributed by atoms with E-state index in [2.05, 4.69) is 38.8 Å². The molecule has 2 saturated heterocycles. The summed E-state index contributed by atoms with van der Waals surface area (Å²) in [7, 11) is 0. The predicted octanol–water partition coefficient (Wildman–Crippen LogP) is 2.66. The first-order valence-electron chi connectivity index (χ1n) is 9.80. The number of piperazine rings is 1. The average Bonchev–Trinajstić information content (AvgIpc) is 3.23. The minimum absolute atomic E-state index is 0.132. The number of benzene rings is 1. The van der Waals surface area contributed by atoms with Crippen molar-refractivity contribution in [2.24, 2.45) is 0 Å². The first-order chi connectivity index (χ1) is 13.1. The topological polar surface area (TPSA) is 52.6 Å². The van der Waals surface area contributed by atoms with Gasteiger partial charge in [-0.1, -0.05) is 17.7 Å². The van der Waals surface area contributed by atoms with E-state index in [0.717, 1.165) is 62.0 Å². The lowest BCUT2D eigenvalue weighted by Gasteiger charge is -2.36. The number of aryl methyl sites for hydroxylation is 2. The summed E-state index contributed by atoms with van der Waals surface area (Å²) < 4.78 is 0. The molecule has 1 aromatic carbocycles. The van der Waals surface area contributed by atoms with Gasteiger partial charge in [-0.15, -0.1) is 0 Å². The maximum absolute atomic E-state index is 12.9. The van der Waals surface area contributed by atoms with Crippen molar-refractivity contribution in [1.82, 2.24) is 14.9 Å². The lowest BCUT2D eigenvalue weighted by Crippen LogP contribution is -2.49. The van der Waals surface area contributed by atoms with Crippen LogP contribution in [0.5, 0.6) is 0 Å². The number of carbonyl (C=O) groups excluding carboxylic acids is 1. The monoisotopic (exact) mass is 365 g/mol. The van der Waals surface area contributed by atoms with Crippen molar-refractivity contribution < 1.29 is 4.79 Å². The fourth-order valence-electron chi connectivity index (χ4n) is 3.99. The zero-order valence-corrected chi connectivity index (χ0v) is 16.2. The number of carbonyl (C=O) groups is 1. The van der Waals surface area contributed by atoms with Crippen LogP contribution in [-0.2, 0) is 0 Å². The molecule has 1 aromatic heterocycles. The molecular weight excluding hydrogens is 338 g/mol. The van der Waals surface area contributed by atoms with Gasteiger partial charge in [-0.05, 0) is 38.3 Å². The number of hydrogen-bond donors (Lipinski definition) is 0. The van der Waals surface area contributed by atoms with Crippen molar-refractivity contribution in [3.63, 3.8) is 0 Å². The van der Waals surface area contributed by atoms with Crippen molar-refractivity contribution >= 4 is 17.5 Å². The number of aromatic nitrogens is 2. The molecule has 2 aliphatic rings. The van der Waals surface area contributed by atoms with Crippen LogP contribution in [0.4, 0.5) is 11.6 Å². The molecule has 3 heterocycles. The molecule has 0 saturated carbocycles. The highest BCUT2D eigenvalue weighted by Crippen LogP contribution is 2.23. The Bertz CT molecular complexity index is 823. The van der Waals surface area contributed by atoms with Crippen molar-refractivity contribution in [2.45, 2.75) is 26.7 Å². The van der Waals surface area contributed by atoms with Gasteiger partial charge >= 0.3 is 0 Å². The molecule has 0 unspecified atom stereocenters. The number of amides is 1. The summed E-state index contributed by atoms with van der Waals surface area (Å²) >= 11 is 0. The molecule has 0 bridgehead atoms. The van der Waals surface area contributed by atoms with E-state index >= 15 is 0 Å². The van der Waals surface area contributed by atoms with Gasteiger partial charge < -0.3 is 14.7 Å². The van der Waals surface area contributed by atoms with Crippen LogP contribution in [0.25, 0.3) is 0 Å². The molecule has 0 N–H and O–H groups in total. The van der Waals surface area contributed by atoms with Gasteiger partial charge in [0.25, 0.3) is 5.91 Å². The number of anilines is 2. The maximum atomic E-state index is 12.9. The third-order valence-electron chi connectivity index (χ3n) is 5.57. The minimum atomic E-state index is 0.132. The molecule has 2 aromatic rings. The van der Waals surface area contributed by atoms with Gasteiger partial charge in [0.05, 0.1) is 0 Å². The maximum Gasteiger partial charge on any atom is 0.254 e. The molecule has 0 spiro atoms. The first-order valence-corrected chi connectivity index (χ1v) is 9.80. The minimum Gasteiger partial charge on any atom is -0.356 e. The van der Waals surface area contributed by atoms with Crippen LogP contribution in [0.2, 0.25) is 0 Å². The van der Waals surface area contributed by atoms with Crippen LogP contribution in [0.15, 0.2) is 30.6 Å². The lowest BCUT2D eigenvalue weighted by atomic mass is 10.0. The Labute approximate surface area is 160 Å². The summed E-state index contributed by atoms with van der Waals surface area (Å²) in [6, 6.07) is 8.13. The third kappa shape index (κ3) is 3.75. The molecule has 0 aliphatic carbocycles. The van der Waals surface area contributed by atoms with E-state index in [-0.39, 0.29) is 5.91 Å². The van der Waals surface area contributed by atoms with Gasteiger partial charge in [0.15, 0.2) is 0 Å². The van der Waals surface area contributed by atoms with Gasteiger partial charge in [-0.3, -0.25) is 4.79 Å². The molecular formula is C21H27N5O. The summed E-state index contributed by atoms with van der Waals surface area (Å²) in [5.74, 6) is 2.12. The van der Waals surface area contributed by atoms with Gasteiger partial charge in [-0.25, -0.2) is 9.97 Å². The second-order valence-corrected chi connectivity index (χ2v) is 7.53. The van der Waals surface area contributed by atoms with Crippen LogP contribution in [0, 0.1) is 13.8 Å². The average molecular weight is 365 g/mol. The Balaban J connectivity index is 1.41. The predicted molar refractivity (Wildman–Crippen MR) is 108 cm³/mol. The smallest absolute Gasteiger partial charge is 0.254 e. The number of nitrogens with zero attached hydrogens (tertiary/aromatic N) is 5. The number of hydrogen-bond acceptors (Lipinski definition) is 5. The third-order valence-corrected chi connectivity index (χ3v) is 5.57. The molecule has 4 rings (SSSR count). The molecule has 6 nitrogen and oxygen atoms in total. The largest absolute Gasteiger partial charge is 0.356 e. The van der Waals surface area contributed by atoms with E-state index in [1.807, 2.05) is 24.0 Å². The Kier molecular flexibility index (Phi) is 4.97. The van der Waals surface area contributed by atoms with Crippen molar-refractivity contribution in [3.8, 4) is 0 Å². The molecule has 0 radical (unpaired) electrons. The molecule has 6 heteroatoms. The Morgan fingerprint density at radius 3 is 2.11 bits per heavy atom. The van der Waals surface area contributed by atoms with E-state index in [1.54, 1.807) is 6.33 Å². The van der Waals surface area contributed by atoms with Gasteiger partial charge in [0, 0.05) is 50.9 Å². The molecule has 1 amide bonds. The highest BCUT2D eigenvalue weighted by Gasteiger charge is 2.24. The van der Waals surface area contributed by atoms with Gasteiger partial charge in [0.1, 0.15) is 18.0 Å². The normalized spacial score (nSPS) is 17.5. The van der Waals surface area contributed by atoms with Crippen LogP contribution >= 0.6 is 0 Å². The van der Waals surface area contributed by atoms with Crippen LogP contribution in [-0.4, -0.2) is 60.0 Å². The summed E-state index contributed by atoms with van der Waals surface area (Å²) in [5.41, 5.74) is 3.05. The summed E-state index contributed by atoms with van der Waals surface area (Å²) in [4.78, 5) is 28.3. The molecule has 2 aliphatic heterocycles. The van der Waals surface area contributed by atoms with E-state index in [1.165, 1.54) is 18.4 Å². The Morgan fingerprint density at radius 2 is 1.48 bits per heavy atom. The van der Waals surface area contributed by atoms with E-state index in [0.29, 0.717) is 0 Å². The molecule has 2 fully saturated rings. The van der Waals surface area contributed by atoms with Crippen LogP contribution in [0.3, 0.4) is 0 Å². The second kappa shape index (κ2) is 7.55. The molecule has 0 atom stereocenters. The van der Waals surface area contributed by atoms with Crippen molar-refractivity contribution in [2.75, 3.05) is 49.1 Å². The quantitative estimate of drug-likeness (QED) is 0.837. The SMILES string of the molecule is Cc1ccc(C(=O)N2CCN(c3cc(N4CCCC4)ncn3)CC2)c(C)c1. The van der Waals surface area contributed by atoms with E-state index in [9.17, 15) is 4.79 Å². The Morgan fingerprint density at radius 1 is 0.852 bits per heavy atom. The van der Waals surface area contributed by atoms with Crippen LogP contribution < -0.4 is 9.80 Å².